The number of hydrogen-bond donors (Lipinski definition) is 1. The highest BCUT2D eigenvalue weighted by Gasteiger charge is 2.26. The first kappa shape index (κ1) is 11.2. The van der Waals surface area contributed by atoms with E-state index in [1.807, 2.05) is 24.3 Å². The Labute approximate surface area is 105 Å². The molecule has 2 aromatic rings. The predicted molar refractivity (Wildman–Crippen MR) is 68.3 cm³/mol. The topological polar surface area (TPSA) is 53.4 Å². The summed E-state index contributed by atoms with van der Waals surface area (Å²) < 4.78 is 0. The van der Waals surface area contributed by atoms with Gasteiger partial charge in [-0.3, -0.25) is 9.78 Å². The molecule has 18 heavy (non-hydrogen) atoms. The Balaban J connectivity index is 2.01. The van der Waals surface area contributed by atoms with Crippen LogP contribution in [0.1, 0.15) is 16.8 Å². The molecule has 1 saturated heterocycles. The molecule has 1 atom stereocenters. The molecule has 4 nitrogen and oxygen atoms in total. The number of aliphatic hydroxyl groups excluding tert-OH is 1. The zero-order valence-electron chi connectivity index (χ0n) is 9.91. The SMILES string of the molecule is O=C(c1cncc2ccccc12)N1CC[C@@H](O)C1. The fourth-order valence-corrected chi connectivity index (χ4v) is 2.38. The number of pyridine rings is 1. The van der Waals surface area contributed by atoms with Crippen LogP contribution in [0.3, 0.4) is 0 Å². The highest BCUT2D eigenvalue weighted by Crippen LogP contribution is 2.20. The van der Waals surface area contributed by atoms with Crippen molar-refractivity contribution in [3.8, 4) is 0 Å². The van der Waals surface area contributed by atoms with Gasteiger partial charge in [-0.25, -0.2) is 0 Å². The van der Waals surface area contributed by atoms with Gasteiger partial charge in [-0.15, -0.1) is 0 Å². The van der Waals surface area contributed by atoms with Gasteiger partial charge in [0.25, 0.3) is 5.91 Å². The molecule has 0 radical (unpaired) electrons. The van der Waals surface area contributed by atoms with Crippen molar-refractivity contribution in [3.05, 3.63) is 42.2 Å². The minimum absolute atomic E-state index is 0.0455. The molecule has 3 rings (SSSR count). The number of fused-ring (bicyclic) bond motifs is 1. The number of carbonyl (C=O) groups is 1. The molecule has 0 spiro atoms. The lowest BCUT2D eigenvalue weighted by Crippen LogP contribution is -2.29. The van der Waals surface area contributed by atoms with Crippen molar-refractivity contribution in [2.45, 2.75) is 12.5 Å². The summed E-state index contributed by atoms with van der Waals surface area (Å²) in [5.74, 6) is -0.0455. The third kappa shape index (κ3) is 1.84. The van der Waals surface area contributed by atoms with Gasteiger partial charge >= 0.3 is 0 Å². The van der Waals surface area contributed by atoms with Crippen molar-refractivity contribution < 1.29 is 9.90 Å². The van der Waals surface area contributed by atoms with Gasteiger partial charge in [-0.05, 0) is 11.8 Å². The van der Waals surface area contributed by atoms with Crippen LogP contribution in [-0.2, 0) is 0 Å². The third-order valence-electron chi connectivity index (χ3n) is 3.35. The number of carbonyl (C=O) groups excluding carboxylic acids is 1. The normalized spacial score (nSPS) is 19.4. The average Bonchev–Trinajstić information content (AvgIpc) is 2.84. The van der Waals surface area contributed by atoms with Crippen molar-refractivity contribution in [1.82, 2.24) is 9.88 Å². The highest BCUT2D eigenvalue weighted by molar-refractivity contribution is 6.06. The zero-order valence-corrected chi connectivity index (χ0v) is 9.91. The maximum absolute atomic E-state index is 12.4. The van der Waals surface area contributed by atoms with E-state index >= 15 is 0 Å². The molecular formula is C14H14N2O2. The quantitative estimate of drug-likeness (QED) is 0.823. The monoisotopic (exact) mass is 242 g/mol. The Morgan fingerprint density at radius 2 is 2.17 bits per heavy atom. The summed E-state index contributed by atoms with van der Waals surface area (Å²) in [6.45, 7) is 1.03. The first-order valence-electron chi connectivity index (χ1n) is 6.06. The maximum atomic E-state index is 12.4. The Morgan fingerprint density at radius 3 is 2.94 bits per heavy atom. The summed E-state index contributed by atoms with van der Waals surface area (Å²) in [5, 5.41) is 11.4. The lowest BCUT2D eigenvalue weighted by molar-refractivity contribution is 0.0766. The van der Waals surface area contributed by atoms with Gasteiger partial charge in [0.15, 0.2) is 0 Å². The first-order chi connectivity index (χ1) is 8.75. The second-order valence-electron chi connectivity index (χ2n) is 4.60. The Hall–Kier alpha value is -1.94. The number of β-amino-alcohol motifs (C(OH)–C–C–N with tert-alkyl or cyclic N) is 1. The van der Waals surface area contributed by atoms with Gasteiger partial charge in [0, 0.05) is 30.9 Å². The van der Waals surface area contributed by atoms with Gasteiger partial charge in [0.1, 0.15) is 0 Å². The van der Waals surface area contributed by atoms with E-state index in [4.69, 9.17) is 0 Å². The van der Waals surface area contributed by atoms with E-state index in [1.165, 1.54) is 0 Å². The van der Waals surface area contributed by atoms with E-state index < -0.39 is 6.10 Å². The number of likely N-dealkylation sites (tertiary alicyclic amines) is 1. The van der Waals surface area contributed by atoms with E-state index in [2.05, 4.69) is 4.98 Å². The highest BCUT2D eigenvalue weighted by atomic mass is 16.3. The standard InChI is InChI=1S/C14H14N2O2/c17-11-5-6-16(9-11)14(18)13-8-15-7-10-3-1-2-4-12(10)13/h1-4,7-8,11,17H,5-6,9H2/t11-/m1/s1. The maximum Gasteiger partial charge on any atom is 0.256 e. The van der Waals surface area contributed by atoms with E-state index in [-0.39, 0.29) is 5.91 Å². The molecule has 0 saturated carbocycles. The van der Waals surface area contributed by atoms with Gasteiger partial charge in [-0.2, -0.15) is 0 Å². The number of aromatic nitrogens is 1. The van der Waals surface area contributed by atoms with Crippen LogP contribution in [-0.4, -0.2) is 40.1 Å². The summed E-state index contributed by atoms with van der Waals surface area (Å²) in [7, 11) is 0. The molecule has 1 N–H and O–H groups in total. The van der Waals surface area contributed by atoms with Gasteiger partial charge in [0.05, 0.1) is 11.7 Å². The smallest absolute Gasteiger partial charge is 0.256 e. The molecule has 1 fully saturated rings. The van der Waals surface area contributed by atoms with Gasteiger partial charge in [-0.1, -0.05) is 24.3 Å². The largest absolute Gasteiger partial charge is 0.391 e. The van der Waals surface area contributed by atoms with E-state index in [0.717, 1.165) is 10.8 Å². The van der Waals surface area contributed by atoms with Crippen molar-refractivity contribution >= 4 is 16.7 Å². The molecule has 1 aromatic heterocycles. The first-order valence-corrected chi connectivity index (χ1v) is 6.06. The fourth-order valence-electron chi connectivity index (χ4n) is 2.38. The number of benzene rings is 1. The molecule has 1 amide bonds. The zero-order chi connectivity index (χ0) is 12.5. The predicted octanol–water partition coefficient (Wildman–Crippen LogP) is 1.44. The van der Waals surface area contributed by atoms with Crippen molar-refractivity contribution in [2.75, 3.05) is 13.1 Å². The van der Waals surface area contributed by atoms with Crippen LogP contribution in [0.5, 0.6) is 0 Å². The Morgan fingerprint density at radius 1 is 1.33 bits per heavy atom. The van der Waals surface area contributed by atoms with Crippen molar-refractivity contribution in [3.63, 3.8) is 0 Å². The summed E-state index contributed by atoms with van der Waals surface area (Å²) in [6.07, 6.45) is 3.63. The molecule has 0 bridgehead atoms. The van der Waals surface area contributed by atoms with Crippen LogP contribution >= 0.6 is 0 Å². The Bertz CT molecular complexity index is 592. The fraction of sp³-hybridized carbons (Fsp3) is 0.286. The molecule has 4 heteroatoms. The number of amides is 1. The van der Waals surface area contributed by atoms with Crippen LogP contribution in [0.25, 0.3) is 10.8 Å². The molecular weight excluding hydrogens is 228 g/mol. The molecule has 2 heterocycles. The van der Waals surface area contributed by atoms with E-state index in [0.29, 0.717) is 25.1 Å². The summed E-state index contributed by atoms with van der Waals surface area (Å²) >= 11 is 0. The summed E-state index contributed by atoms with van der Waals surface area (Å²) in [6, 6.07) is 7.71. The summed E-state index contributed by atoms with van der Waals surface area (Å²) in [4.78, 5) is 18.2. The van der Waals surface area contributed by atoms with Crippen LogP contribution in [0.4, 0.5) is 0 Å². The van der Waals surface area contributed by atoms with Crippen LogP contribution in [0.2, 0.25) is 0 Å². The molecule has 1 aliphatic heterocycles. The van der Waals surface area contributed by atoms with E-state index in [9.17, 15) is 9.90 Å². The Kier molecular flexibility index (Phi) is 2.72. The lowest BCUT2D eigenvalue weighted by Gasteiger charge is -2.16. The summed E-state index contributed by atoms with van der Waals surface area (Å²) in [5.41, 5.74) is 0.613. The number of hydrogen-bond acceptors (Lipinski definition) is 3. The van der Waals surface area contributed by atoms with Gasteiger partial charge in [0.2, 0.25) is 0 Å². The molecule has 0 unspecified atom stereocenters. The minimum atomic E-state index is -0.392. The van der Waals surface area contributed by atoms with Crippen LogP contribution < -0.4 is 0 Å². The number of nitrogens with zero attached hydrogens (tertiary/aromatic N) is 2. The second-order valence-corrected chi connectivity index (χ2v) is 4.60. The van der Waals surface area contributed by atoms with Gasteiger partial charge < -0.3 is 10.0 Å². The molecule has 1 aliphatic rings. The number of rotatable bonds is 1. The molecule has 0 aliphatic carbocycles. The van der Waals surface area contributed by atoms with Crippen molar-refractivity contribution in [1.29, 1.82) is 0 Å². The van der Waals surface area contributed by atoms with Crippen LogP contribution in [0.15, 0.2) is 36.7 Å². The minimum Gasteiger partial charge on any atom is -0.391 e. The average molecular weight is 242 g/mol. The van der Waals surface area contributed by atoms with Crippen molar-refractivity contribution in [2.24, 2.45) is 0 Å². The molecule has 92 valence electrons. The molecule has 1 aromatic carbocycles. The second kappa shape index (κ2) is 4.38. The lowest BCUT2D eigenvalue weighted by atomic mass is 10.1. The third-order valence-corrected chi connectivity index (χ3v) is 3.35. The van der Waals surface area contributed by atoms with Crippen LogP contribution in [0, 0.1) is 0 Å². The van der Waals surface area contributed by atoms with E-state index in [1.54, 1.807) is 17.3 Å². The number of aliphatic hydroxyl groups is 1.